The summed E-state index contributed by atoms with van der Waals surface area (Å²) in [6, 6.07) is 5.69. The summed E-state index contributed by atoms with van der Waals surface area (Å²) in [5.74, 6) is -1.26. The molecule has 92 valence electrons. The lowest BCUT2D eigenvalue weighted by molar-refractivity contribution is -0.118. The van der Waals surface area contributed by atoms with Gasteiger partial charge in [-0.15, -0.1) is 0 Å². The summed E-state index contributed by atoms with van der Waals surface area (Å²) in [7, 11) is 0. The molecule has 0 aliphatic rings. The monoisotopic (exact) mass is 254 g/mol. The minimum Gasteiger partial charge on any atom is -0.393 e. The number of nitrogens with one attached hydrogen (secondary N) is 1. The van der Waals surface area contributed by atoms with Crippen molar-refractivity contribution in [2.75, 3.05) is 5.32 Å². The molecule has 17 heavy (non-hydrogen) atoms. The van der Waals surface area contributed by atoms with E-state index in [1.54, 1.807) is 6.07 Å². The van der Waals surface area contributed by atoms with Crippen molar-refractivity contribution in [2.24, 2.45) is 17.6 Å². The van der Waals surface area contributed by atoms with Gasteiger partial charge in [0, 0.05) is 5.69 Å². The lowest BCUT2D eigenvalue weighted by atomic mass is 9.95. The summed E-state index contributed by atoms with van der Waals surface area (Å²) in [5.41, 5.74) is 5.92. The molecule has 1 atom stereocenters. The fourth-order valence-electron chi connectivity index (χ4n) is 1.55. The average Bonchev–Trinajstić information content (AvgIpc) is 2.15. The smallest absolute Gasteiger partial charge is 0.234 e. The zero-order valence-electron chi connectivity index (χ0n) is 9.74. The maximum Gasteiger partial charge on any atom is 0.234 e. The molecule has 0 saturated carbocycles. The van der Waals surface area contributed by atoms with Gasteiger partial charge < -0.3 is 11.1 Å². The number of anilines is 1. The Kier molecular flexibility index (Phi) is 4.57. The van der Waals surface area contributed by atoms with Gasteiger partial charge in [-0.3, -0.25) is 4.79 Å². The minimum absolute atomic E-state index is 0.000981. The standard InChI is InChI=1S/C12H15FN2OS/c1-7(2)10(11(14)17)12(16)15-9-5-3-4-8(13)6-9/h3-7,10H,1-2H3,(H2,14,17)(H,15,16). The first-order valence-electron chi connectivity index (χ1n) is 5.27. The number of amides is 1. The highest BCUT2D eigenvalue weighted by Crippen LogP contribution is 2.16. The summed E-state index contributed by atoms with van der Waals surface area (Å²) in [4.78, 5) is 12.1. The van der Waals surface area contributed by atoms with Crippen LogP contribution in [0.5, 0.6) is 0 Å². The second-order valence-corrected chi connectivity index (χ2v) is 4.60. The van der Waals surface area contributed by atoms with E-state index in [9.17, 15) is 9.18 Å². The Balaban J connectivity index is 2.81. The molecule has 0 aliphatic carbocycles. The largest absolute Gasteiger partial charge is 0.393 e. The van der Waals surface area contributed by atoms with Crippen LogP contribution in [0.25, 0.3) is 0 Å². The molecule has 3 N–H and O–H groups in total. The SMILES string of the molecule is CC(C)C(C(=O)Nc1cccc(F)c1)C(N)=S. The van der Waals surface area contributed by atoms with Gasteiger partial charge in [0.15, 0.2) is 0 Å². The molecule has 0 bridgehead atoms. The topological polar surface area (TPSA) is 55.1 Å². The van der Waals surface area contributed by atoms with Crippen molar-refractivity contribution in [3.8, 4) is 0 Å². The molecule has 0 saturated heterocycles. The van der Waals surface area contributed by atoms with E-state index in [0.717, 1.165) is 0 Å². The number of carbonyl (C=O) groups is 1. The summed E-state index contributed by atoms with van der Waals surface area (Å²) in [5, 5.41) is 2.60. The number of nitrogens with two attached hydrogens (primary N) is 1. The average molecular weight is 254 g/mol. The molecular weight excluding hydrogens is 239 g/mol. The van der Waals surface area contributed by atoms with Crippen LogP contribution in [0.4, 0.5) is 10.1 Å². The van der Waals surface area contributed by atoms with Crippen molar-refractivity contribution in [1.82, 2.24) is 0 Å². The highest BCUT2D eigenvalue weighted by molar-refractivity contribution is 7.80. The van der Waals surface area contributed by atoms with Crippen LogP contribution >= 0.6 is 12.2 Å². The molecular formula is C12H15FN2OS. The van der Waals surface area contributed by atoms with Crippen molar-refractivity contribution < 1.29 is 9.18 Å². The molecule has 1 amide bonds. The van der Waals surface area contributed by atoms with Gasteiger partial charge in [0.1, 0.15) is 5.82 Å². The van der Waals surface area contributed by atoms with Crippen LogP contribution in [-0.4, -0.2) is 10.9 Å². The lowest BCUT2D eigenvalue weighted by Crippen LogP contribution is -2.36. The minimum atomic E-state index is -0.548. The number of thiocarbonyl (C=S) groups is 1. The lowest BCUT2D eigenvalue weighted by Gasteiger charge is -2.18. The second kappa shape index (κ2) is 5.72. The Morgan fingerprint density at radius 3 is 2.59 bits per heavy atom. The number of hydrogen-bond donors (Lipinski definition) is 2. The van der Waals surface area contributed by atoms with Crippen molar-refractivity contribution in [1.29, 1.82) is 0 Å². The fourth-order valence-corrected chi connectivity index (χ4v) is 1.93. The van der Waals surface area contributed by atoms with E-state index in [2.05, 4.69) is 5.32 Å². The maximum absolute atomic E-state index is 12.9. The normalized spacial score (nSPS) is 12.2. The van der Waals surface area contributed by atoms with E-state index >= 15 is 0 Å². The van der Waals surface area contributed by atoms with E-state index in [0.29, 0.717) is 5.69 Å². The van der Waals surface area contributed by atoms with Crippen LogP contribution in [-0.2, 0) is 4.79 Å². The summed E-state index contributed by atoms with van der Waals surface area (Å²) < 4.78 is 12.9. The Labute approximate surface area is 105 Å². The summed E-state index contributed by atoms with van der Waals surface area (Å²) >= 11 is 4.85. The number of halogens is 1. The molecule has 1 unspecified atom stereocenters. The van der Waals surface area contributed by atoms with Crippen molar-refractivity contribution in [2.45, 2.75) is 13.8 Å². The first-order valence-corrected chi connectivity index (χ1v) is 5.68. The molecule has 1 aromatic carbocycles. The van der Waals surface area contributed by atoms with E-state index in [1.165, 1.54) is 18.2 Å². The van der Waals surface area contributed by atoms with Crippen molar-refractivity contribution >= 4 is 28.8 Å². The van der Waals surface area contributed by atoms with E-state index < -0.39 is 11.7 Å². The predicted molar refractivity (Wildman–Crippen MR) is 70.1 cm³/mol. The Hall–Kier alpha value is -1.49. The number of hydrogen-bond acceptors (Lipinski definition) is 2. The predicted octanol–water partition coefficient (Wildman–Crippen LogP) is 2.32. The third kappa shape index (κ3) is 3.78. The van der Waals surface area contributed by atoms with Crippen LogP contribution < -0.4 is 11.1 Å². The van der Waals surface area contributed by atoms with Gasteiger partial charge in [-0.1, -0.05) is 32.1 Å². The Morgan fingerprint density at radius 2 is 2.12 bits per heavy atom. The molecule has 5 heteroatoms. The van der Waals surface area contributed by atoms with Gasteiger partial charge in [0.05, 0.1) is 10.9 Å². The van der Waals surface area contributed by atoms with Crippen LogP contribution in [0, 0.1) is 17.7 Å². The Morgan fingerprint density at radius 1 is 1.47 bits per heavy atom. The molecule has 0 heterocycles. The third-order valence-corrected chi connectivity index (χ3v) is 2.60. The Bertz CT molecular complexity index is 434. The van der Waals surface area contributed by atoms with Crippen molar-refractivity contribution in [3.05, 3.63) is 30.1 Å². The first-order chi connectivity index (χ1) is 7.91. The quantitative estimate of drug-likeness (QED) is 0.811. The van der Waals surface area contributed by atoms with Gasteiger partial charge in [-0.25, -0.2) is 4.39 Å². The molecule has 1 rings (SSSR count). The molecule has 1 aromatic rings. The number of carbonyl (C=O) groups excluding carboxylic acids is 1. The molecule has 0 aromatic heterocycles. The highest BCUT2D eigenvalue weighted by atomic mass is 32.1. The van der Waals surface area contributed by atoms with E-state index in [1.807, 2.05) is 13.8 Å². The molecule has 0 spiro atoms. The highest BCUT2D eigenvalue weighted by Gasteiger charge is 2.24. The van der Waals surface area contributed by atoms with Crippen molar-refractivity contribution in [3.63, 3.8) is 0 Å². The summed E-state index contributed by atoms with van der Waals surface area (Å²) in [6.07, 6.45) is 0. The summed E-state index contributed by atoms with van der Waals surface area (Å²) in [6.45, 7) is 3.71. The van der Waals surface area contributed by atoms with Crippen LogP contribution in [0.3, 0.4) is 0 Å². The molecule has 0 aliphatic heterocycles. The zero-order valence-corrected chi connectivity index (χ0v) is 10.6. The van der Waals surface area contributed by atoms with E-state index in [-0.39, 0.29) is 16.8 Å². The van der Waals surface area contributed by atoms with Crippen LogP contribution in [0.15, 0.2) is 24.3 Å². The molecule has 0 fully saturated rings. The third-order valence-electron chi connectivity index (χ3n) is 2.35. The van der Waals surface area contributed by atoms with Gasteiger partial charge in [0.25, 0.3) is 0 Å². The van der Waals surface area contributed by atoms with Gasteiger partial charge in [-0.05, 0) is 24.1 Å². The number of benzene rings is 1. The maximum atomic E-state index is 12.9. The van der Waals surface area contributed by atoms with Crippen LogP contribution in [0.2, 0.25) is 0 Å². The van der Waals surface area contributed by atoms with E-state index in [4.69, 9.17) is 18.0 Å². The van der Waals surface area contributed by atoms with Gasteiger partial charge >= 0.3 is 0 Å². The number of rotatable bonds is 4. The molecule has 3 nitrogen and oxygen atoms in total. The second-order valence-electron chi connectivity index (χ2n) is 4.12. The van der Waals surface area contributed by atoms with Crippen LogP contribution in [0.1, 0.15) is 13.8 Å². The van der Waals surface area contributed by atoms with Gasteiger partial charge in [0.2, 0.25) is 5.91 Å². The zero-order chi connectivity index (χ0) is 13.0. The first kappa shape index (κ1) is 13.6. The van der Waals surface area contributed by atoms with Gasteiger partial charge in [-0.2, -0.15) is 0 Å². The fraction of sp³-hybridized carbons (Fsp3) is 0.333. The molecule has 0 radical (unpaired) electrons.